The number of aromatic nitrogens is 2. The topological polar surface area (TPSA) is 49.8 Å². The Bertz CT molecular complexity index is 731. The molecule has 0 amide bonds. The third-order valence-corrected chi connectivity index (χ3v) is 3.79. The van der Waals surface area contributed by atoms with Crippen molar-refractivity contribution in [2.75, 3.05) is 13.1 Å². The van der Waals surface area contributed by atoms with Crippen molar-refractivity contribution in [1.29, 1.82) is 0 Å². The molecule has 0 saturated carbocycles. The van der Waals surface area contributed by atoms with Gasteiger partial charge in [0, 0.05) is 6.04 Å². The molecule has 1 fully saturated rings. The van der Waals surface area contributed by atoms with Gasteiger partial charge in [-0.1, -0.05) is 0 Å². The Morgan fingerprint density at radius 3 is 2.41 bits per heavy atom. The van der Waals surface area contributed by atoms with Gasteiger partial charge < -0.3 is 10.3 Å². The minimum atomic E-state index is -4.85. The summed E-state index contributed by atoms with van der Waals surface area (Å²) in [6.45, 7) is 1.22. The number of piperidine rings is 1. The van der Waals surface area contributed by atoms with Crippen LogP contribution in [0.25, 0.3) is 11.0 Å². The number of hydrogen-bond donors (Lipinski definition) is 2. The third-order valence-electron chi connectivity index (χ3n) is 3.79. The van der Waals surface area contributed by atoms with Gasteiger partial charge in [-0.3, -0.25) is 4.57 Å². The van der Waals surface area contributed by atoms with Crippen molar-refractivity contribution in [2.24, 2.45) is 0 Å². The first kappa shape index (κ1) is 16.8. The first-order valence-electron chi connectivity index (χ1n) is 6.60. The molecular formula is C13H14ClF4N3O. The number of alkyl halides is 3. The lowest BCUT2D eigenvalue weighted by molar-refractivity contribution is -0.138. The first-order valence-corrected chi connectivity index (χ1v) is 6.60. The molecule has 2 aromatic rings. The van der Waals surface area contributed by atoms with Crippen LogP contribution in [0, 0.1) is 5.82 Å². The summed E-state index contributed by atoms with van der Waals surface area (Å²) in [5.74, 6) is -1.36. The summed E-state index contributed by atoms with van der Waals surface area (Å²) in [4.78, 5) is 14.4. The van der Waals surface area contributed by atoms with Crippen LogP contribution >= 0.6 is 12.4 Å². The van der Waals surface area contributed by atoms with Crippen LogP contribution in [0.3, 0.4) is 0 Å². The molecular weight excluding hydrogens is 326 g/mol. The van der Waals surface area contributed by atoms with Crippen LogP contribution in [0.5, 0.6) is 0 Å². The van der Waals surface area contributed by atoms with E-state index in [2.05, 4.69) is 10.3 Å². The molecule has 4 nitrogen and oxygen atoms in total. The van der Waals surface area contributed by atoms with E-state index in [1.807, 2.05) is 0 Å². The van der Waals surface area contributed by atoms with Crippen LogP contribution in [0.2, 0.25) is 0 Å². The van der Waals surface area contributed by atoms with Gasteiger partial charge in [0.2, 0.25) is 0 Å². The summed E-state index contributed by atoms with van der Waals surface area (Å²) in [7, 11) is 0. The molecule has 9 heteroatoms. The summed E-state index contributed by atoms with van der Waals surface area (Å²) in [6.07, 6.45) is -3.80. The Kier molecular flexibility index (Phi) is 4.53. The van der Waals surface area contributed by atoms with Crippen molar-refractivity contribution in [3.8, 4) is 0 Å². The van der Waals surface area contributed by atoms with E-state index in [0.717, 1.165) is 10.6 Å². The number of H-pyrrole nitrogens is 1. The van der Waals surface area contributed by atoms with Crippen molar-refractivity contribution >= 4 is 23.4 Å². The van der Waals surface area contributed by atoms with Crippen LogP contribution in [-0.4, -0.2) is 22.6 Å². The quantitative estimate of drug-likeness (QED) is 0.785. The second-order valence-electron chi connectivity index (χ2n) is 5.10. The van der Waals surface area contributed by atoms with Gasteiger partial charge in [-0.2, -0.15) is 13.2 Å². The highest BCUT2D eigenvalue weighted by molar-refractivity contribution is 5.85. The van der Waals surface area contributed by atoms with E-state index < -0.39 is 23.2 Å². The number of rotatable bonds is 1. The Hall–Kier alpha value is -1.54. The van der Waals surface area contributed by atoms with Crippen molar-refractivity contribution in [1.82, 2.24) is 14.9 Å². The number of fused-ring (bicyclic) bond motifs is 1. The minimum absolute atomic E-state index is 0. The van der Waals surface area contributed by atoms with Crippen LogP contribution in [0.4, 0.5) is 17.6 Å². The van der Waals surface area contributed by atoms with Crippen LogP contribution in [-0.2, 0) is 6.18 Å². The fourth-order valence-electron chi connectivity index (χ4n) is 2.88. The van der Waals surface area contributed by atoms with Gasteiger partial charge in [-0.15, -0.1) is 12.4 Å². The number of nitrogens with zero attached hydrogens (tertiary/aromatic N) is 1. The molecule has 1 aliphatic heterocycles. The average molecular weight is 340 g/mol. The molecule has 0 atom stereocenters. The summed E-state index contributed by atoms with van der Waals surface area (Å²) in [5.41, 5.74) is -2.39. The Balaban J connectivity index is 0.00000176. The molecule has 1 aromatic carbocycles. The zero-order valence-corrected chi connectivity index (χ0v) is 12.2. The van der Waals surface area contributed by atoms with E-state index in [4.69, 9.17) is 0 Å². The van der Waals surface area contributed by atoms with E-state index in [9.17, 15) is 22.4 Å². The van der Waals surface area contributed by atoms with Crippen LogP contribution in [0.15, 0.2) is 16.9 Å². The second-order valence-corrected chi connectivity index (χ2v) is 5.10. The van der Waals surface area contributed by atoms with Gasteiger partial charge in [0.05, 0.1) is 11.0 Å². The summed E-state index contributed by atoms with van der Waals surface area (Å²) < 4.78 is 54.2. The van der Waals surface area contributed by atoms with E-state index in [1.165, 1.54) is 6.07 Å². The third kappa shape index (κ3) is 2.72. The van der Waals surface area contributed by atoms with Gasteiger partial charge in [-0.25, -0.2) is 9.18 Å². The van der Waals surface area contributed by atoms with E-state index in [1.54, 1.807) is 0 Å². The predicted octanol–water partition coefficient (Wildman–Crippen LogP) is 2.83. The average Bonchev–Trinajstić information content (AvgIpc) is 2.74. The van der Waals surface area contributed by atoms with Crippen molar-refractivity contribution in [3.63, 3.8) is 0 Å². The molecule has 1 aromatic heterocycles. The lowest BCUT2D eigenvalue weighted by Crippen LogP contribution is -2.33. The fraction of sp³-hybridized carbons (Fsp3) is 0.462. The van der Waals surface area contributed by atoms with E-state index in [-0.39, 0.29) is 29.5 Å². The van der Waals surface area contributed by atoms with Gasteiger partial charge in [0.25, 0.3) is 0 Å². The number of imidazole rings is 1. The minimum Gasteiger partial charge on any atom is -0.317 e. The highest BCUT2D eigenvalue weighted by Gasteiger charge is 2.38. The Morgan fingerprint density at radius 1 is 1.18 bits per heavy atom. The number of hydrogen-bond acceptors (Lipinski definition) is 2. The van der Waals surface area contributed by atoms with Crippen LogP contribution in [0.1, 0.15) is 24.4 Å². The number of halogens is 5. The summed E-state index contributed by atoms with van der Waals surface area (Å²) >= 11 is 0. The fourth-order valence-corrected chi connectivity index (χ4v) is 2.88. The molecule has 2 heterocycles. The number of benzene rings is 1. The monoisotopic (exact) mass is 339 g/mol. The predicted molar refractivity (Wildman–Crippen MR) is 75.9 cm³/mol. The van der Waals surface area contributed by atoms with Gasteiger partial charge in [-0.05, 0) is 38.1 Å². The molecule has 22 heavy (non-hydrogen) atoms. The molecule has 0 bridgehead atoms. The highest BCUT2D eigenvalue weighted by Crippen LogP contribution is 2.37. The van der Waals surface area contributed by atoms with Crippen LogP contribution < -0.4 is 11.0 Å². The molecule has 122 valence electrons. The molecule has 2 N–H and O–H groups in total. The van der Waals surface area contributed by atoms with E-state index in [0.29, 0.717) is 25.9 Å². The highest BCUT2D eigenvalue weighted by atomic mass is 35.5. The maximum atomic E-state index is 13.7. The lowest BCUT2D eigenvalue weighted by atomic mass is 10.1. The number of nitrogens with one attached hydrogen (secondary N) is 2. The second kappa shape index (κ2) is 5.92. The van der Waals surface area contributed by atoms with Crippen molar-refractivity contribution in [3.05, 3.63) is 34.0 Å². The normalized spacial score (nSPS) is 16.7. The maximum Gasteiger partial charge on any atom is 0.421 e. The van der Waals surface area contributed by atoms with Crippen molar-refractivity contribution < 1.29 is 17.6 Å². The lowest BCUT2D eigenvalue weighted by Gasteiger charge is -2.24. The zero-order valence-electron chi connectivity index (χ0n) is 11.3. The number of aromatic amines is 1. The Morgan fingerprint density at radius 2 is 1.82 bits per heavy atom. The van der Waals surface area contributed by atoms with Gasteiger partial charge in [0.15, 0.2) is 0 Å². The smallest absolute Gasteiger partial charge is 0.317 e. The first-order chi connectivity index (χ1) is 9.89. The molecule has 1 saturated heterocycles. The Labute approximate surface area is 128 Å². The molecule has 0 spiro atoms. The standard InChI is InChI=1S/C13H13F4N3O.ClH/c14-8-1-2-9-11(10(8)13(15,16)17)20(12(21)19-9)7-3-5-18-6-4-7;/h1-2,7,18H,3-6H2,(H,19,21);1H. The maximum absolute atomic E-state index is 13.7. The zero-order chi connectivity index (χ0) is 15.2. The summed E-state index contributed by atoms with van der Waals surface area (Å²) in [5, 5.41) is 3.08. The largest absolute Gasteiger partial charge is 0.421 e. The molecule has 1 aliphatic rings. The van der Waals surface area contributed by atoms with Gasteiger partial charge >= 0.3 is 11.9 Å². The summed E-state index contributed by atoms with van der Waals surface area (Å²) in [6, 6.07) is 1.53. The molecule has 0 unspecified atom stereocenters. The molecule has 0 aliphatic carbocycles. The van der Waals surface area contributed by atoms with Gasteiger partial charge in [0.1, 0.15) is 11.4 Å². The molecule has 3 rings (SSSR count). The van der Waals surface area contributed by atoms with Crippen molar-refractivity contribution in [2.45, 2.75) is 25.1 Å². The SMILES string of the molecule is Cl.O=c1[nH]c2ccc(F)c(C(F)(F)F)c2n1C1CCNCC1. The van der Waals surface area contributed by atoms with E-state index >= 15 is 0 Å². The molecule has 0 radical (unpaired) electrons.